The fourth-order valence-electron chi connectivity index (χ4n) is 3.42. The quantitative estimate of drug-likeness (QED) is 0.523. The molecule has 3 rings (SSSR count). The molecule has 8 heteroatoms. The maximum atomic E-state index is 12.0. The van der Waals surface area contributed by atoms with Crippen LogP contribution in [0.25, 0.3) is 16.7 Å². The minimum absolute atomic E-state index is 0.0350. The number of hydrogen-bond acceptors (Lipinski definition) is 6. The van der Waals surface area contributed by atoms with E-state index in [2.05, 4.69) is 34.7 Å². The molecule has 1 atom stereocenters. The van der Waals surface area contributed by atoms with Crippen LogP contribution in [0.1, 0.15) is 45.0 Å². The molecule has 0 fully saturated rings. The monoisotopic (exact) mass is 412 g/mol. The Labute approximate surface area is 177 Å². The molecule has 2 heterocycles. The van der Waals surface area contributed by atoms with Crippen molar-refractivity contribution in [3.05, 3.63) is 23.5 Å². The minimum atomic E-state index is 0.0350. The van der Waals surface area contributed by atoms with E-state index < -0.39 is 0 Å². The number of carbonyl (C=O) groups excluding carboxylic acids is 1. The summed E-state index contributed by atoms with van der Waals surface area (Å²) in [6, 6.07) is 4.04. The first kappa shape index (κ1) is 21.8. The molecule has 162 valence electrons. The van der Waals surface area contributed by atoms with Crippen molar-refractivity contribution < 1.29 is 9.53 Å². The summed E-state index contributed by atoms with van der Waals surface area (Å²) in [4.78, 5) is 16.8. The first-order valence-corrected chi connectivity index (χ1v) is 10.6. The van der Waals surface area contributed by atoms with Gasteiger partial charge in [-0.15, -0.1) is 10.2 Å². The van der Waals surface area contributed by atoms with E-state index in [9.17, 15) is 4.79 Å². The van der Waals surface area contributed by atoms with Crippen LogP contribution in [-0.4, -0.2) is 45.7 Å². The second-order valence-electron chi connectivity index (χ2n) is 8.11. The lowest BCUT2D eigenvalue weighted by atomic mass is 9.97. The van der Waals surface area contributed by atoms with E-state index >= 15 is 0 Å². The van der Waals surface area contributed by atoms with Gasteiger partial charge in [0.05, 0.1) is 12.6 Å². The van der Waals surface area contributed by atoms with Gasteiger partial charge in [0, 0.05) is 19.0 Å². The van der Waals surface area contributed by atoms with E-state index in [-0.39, 0.29) is 11.8 Å². The lowest BCUT2D eigenvalue weighted by Gasteiger charge is -2.15. The minimum Gasteiger partial charge on any atom is -0.494 e. The van der Waals surface area contributed by atoms with Crippen LogP contribution in [0.5, 0.6) is 5.75 Å². The van der Waals surface area contributed by atoms with Crippen molar-refractivity contribution in [2.24, 2.45) is 11.8 Å². The molecular formula is C22H32N6O2. The molecule has 2 N–H and O–H groups in total. The summed E-state index contributed by atoms with van der Waals surface area (Å²) >= 11 is 0. The van der Waals surface area contributed by atoms with Gasteiger partial charge in [0.1, 0.15) is 17.1 Å². The summed E-state index contributed by atoms with van der Waals surface area (Å²) in [5.41, 5.74) is 3.43. The van der Waals surface area contributed by atoms with Crippen molar-refractivity contribution in [1.82, 2.24) is 24.9 Å². The number of aromatic nitrogens is 4. The third-order valence-electron chi connectivity index (χ3n) is 5.62. The maximum absolute atomic E-state index is 12.0. The predicted octanol–water partition coefficient (Wildman–Crippen LogP) is 3.50. The van der Waals surface area contributed by atoms with E-state index in [1.165, 1.54) is 0 Å². The molecule has 0 aliphatic carbocycles. The number of methoxy groups -OCH3 is 1. The highest BCUT2D eigenvalue weighted by atomic mass is 16.5. The summed E-state index contributed by atoms with van der Waals surface area (Å²) in [7, 11) is 1.66. The second kappa shape index (κ2) is 9.28. The van der Waals surface area contributed by atoms with Crippen LogP contribution in [0.3, 0.4) is 0 Å². The number of aryl methyl sites for hydroxylation is 2. The molecule has 8 nitrogen and oxygen atoms in total. The van der Waals surface area contributed by atoms with Gasteiger partial charge in [0.2, 0.25) is 11.6 Å². The number of hydrogen-bond donors (Lipinski definition) is 2. The number of benzene rings is 1. The number of anilines is 1. The zero-order chi connectivity index (χ0) is 21.8. The molecule has 0 radical (unpaired) electrons. The van der Waals surface area contributed by atoms with E-state index in [0.717, 1.165) is 47.6 Å². The molecule has 0 bridgehead atoms. The Kier molecular flexibility index (Phi) is 6.74. The third-order valence-corrected chi connectivity index (χ3v) is 5.62. The molecule has 3 aromatic rings. The first-order chi connectivity index (χ1) is 14.3. The van der Waals surface area contributed by atoms with Crippen molar-refractivity contribution >= 4 is 28.4 Å². The van der Waals surface area contributed by atoms with Gasteiger partial charge >= 0.3 is 0 Å². The Morgan fingerprint density at radius 2 is 1.87 bits per heavy atom. The number of ether oxygens (including phenoxy) is 1. The molecule has 0 spiro atoms. The molecule has 0 saturated heterocycles. The molecule has 0 aliphatic heterocycles. The highest BCUT2D eigenvalue weighted by molar-refractivity contribution is 5.88. The number of amides is 1. The highest BCUT2D eigenvalue weighted by Gasteiger charge is 2.17. The fraction of sp³-hybridized carbons (Fsp3) is 0.545. The zero-order valence-electron chi connectivity index (χ0n) is 18.7. The molecule has 0 aliphatic rings. The van der Waals surface area contributed by atoms with Crippen molar-refractivity contribution in [2.75, 3.05) is 25.5 Å². The summed E-state index contributed by atoms with van der Waals surface area (Å²) in [5, 5.41) is 15.0. The van der Waals surface area contributed by atoms with Crippen molar-refractivity contribution in [1.29, 1.82) is 0 Å². The lowest BCUT2D eigenvalue weighted by molar-refractivity contribution is -0.125. The molecule has 1 aromatic carbocycles. The summed E-state index contributed by atoms with van der Waals surface area (Å²) in [6.45, 7) is 11.4. The van der Waals surface area contributed by atoms with Gasteiger partial charge in [-0.2, -0.15) is 0 Å². The summed E-state index contributed by atoms with van der Waals surface area (Å²) < 4.78 is 7.61. The van der Waals surface area contributed by atoms with Crippen LogP contribution in [0.2, 0.25) is 0 Å². The predicted molar refractivity (Wildman–Crippen MR) is 119 cm³/mol. The summed E-state index contributed by atoms with van der Waals surface area (Å²) in [6.07, 6.45) is 1.79. The molecular weight excluding hydrogens is 380 g/mol. The van der Waals surface area contributed by atoms with Gasteiger partial charge in [0.25, 0.3) is 0 Å². The SMILES string of the molecule is COc1c(C)ccc2c1nc(NCCCCNC(=O)C(C)C(C)C)c1nnc(C)n12. The molecule has 0 saturated carbocycles. The van der Waals surface area contributed by atoms with E-state index in [1.807, 2.05) is 37.3 Å². The molecule has 1 amide bonds. The molecule has 30 heavy (non-hydrogen) atoms. The van der Waals surface area contributed by atoms with Crippen LogP contribution < -0.4 is 15.4 Å². The number of fused-ring (bicyclic) bond motifs is 3. The Hall–Kier alpha value is -2.90. The van der Waals surface area contributed by atoms with E-state index in [4.69, 9.17) is 9.72 Å². The summed E-state index contributed by atoms with van der Waals surface area (Å²) in [5.74, 6) is 2.75. The lowest BCUT2D eigenvalue weighted by Crippen LogP contribution is -2.32. The largest absolute Gasteiger partial charge is 0.494 e. The molecule has 1 unspecified atom stereocenters. The van der Waals surface area contributed by atoms with Crippen LogP contribution >= 0.6 is 0 Å². The Morgan fingerprint density at radius 3 is 2.57 bits per heavy atom. The van der Waals surface area contributed by atoms with Crippen LogP contribution in [-0.2, 0) is 4.79 Å². The van der Waals surface area contributed by atoms with E-state index in [1.54, 1.807) is 7.11 Å². The average Bonchev–Trinajstić information content (AvgIpc) is 3.11. The Morgan fingerprint density at radius 1 is 1.13 bits per heavy atom. The third kappa shape index (κ3) is 4.32. The van der Waals surface area contributed by atoms with Crippen molar-refractivity contribution in [2.45, 2.75) is 47.5 Å². The standard InChI is InChI=1S/C22H32N6O2/c1-13(2)15(4)22(29)24-12-8-7-11-23-20-21-27-26-16(5)28(21)17-10-9-14(3)19(30-6)18(17)25-20/h9-10,13,15H,7-8,11-12H2,1-6H3,(H,23,25)(H,24,29). The van der Waals surface area contributed by atoms with Gasteiger partial charge in [-0.1, -0.05) is 26.8 Å². The Balaban J connectivity index is 1.69. The normalized spacial score (nSPS) is 12.5. The van der Waals surface area contributed by atoms with Crippen LogP contribution in [0.4, 0.5) is 5.82 Å². The van der Waals surface area contributed by atoms with Gasteiger partial charge in [-0.05, 0) is 44.2 Å². The van der Waals surface area contributed by atoms with E-state index in [0.29, 0.717) is 23.9 Å². The maximum Gasteiger partial charge on any atom is 0.223 e. The van der Waals surface area contributed by atoms with Gasteiger partial charge in [0.15, 0.2) is 5.82 Å². The average molecular weight is 413 g/mol. The second-order valence-corrected chi connectivity index (χ2v) is 8.11. The van der Waals surface area contributed by atoms with Crippen LogP contribution in [0.15, 0.2) is 12.1 Å². The topological polar surface area (TPSA) is 93.4 Å². The van der Waals surface area contributed by atoms with Gasteiger partial charge in [-0.25, -0.2) is 4.98 Å². The Bertz CT molecular complexity index is 1040. The zero-order valence-corrected chi connectivity index (χ0v) is 18.7. The number of nitrogens with zero attached hydrogens (tertiary/aromatic N) is 4. The number of rotatable bonds is 9. The highest BCUT2D eigenvalue weighted by Crippen LogP contribution is 2.31. The first-order valence-electron chi connectivity index (χ1n) is 10.6. The smallest absolute Gasteiger partial charge is 0.223 e. The fourth-order valence-corrected chi connectivity index (χ4v) is 3.42. The van der Waals surface area contributed by atoms with Gasteiger partial charge < -0.3 is 15.4 Å². The van der Waals surface area contributed by atoms with Crippen LogP contribution in [0, 0.1) is 25.7 Å². The number of unbranched alkanes of at least 4 members (excludes halogenated alkanes) is 1. The van der Waals surface area contributed by atoms with Gasteiger partial charge in [-0.3, -0.25) is 9.20 Å². The molecule has 2 aromatic heterocycles. The number of carbonyl (C=O) groups is 1. The van der Waals surface area contributed by atoms with Crippen molar-refractivity contribution in [3.8, 4) is 5.75 Å². The van der Waals surface area contributed by atoms with Crippen molar-refractivity contribution in [3.63, 3.8) is 0 Å². The number of nitrogens with one attached hydrogen (secondary N) is 2.